The standard InChI is InChI=1S/C17H15ClN4O/c18-13-3-4-14-15(10-13)21-16(20-14)2-1-7-22-8-6-19-17(22)12-5-9-23-11-12/h3-6,8-11H,1-2,7H2,(H,20,21). The topological polar surface area (TPSA) is 59.6 Å². The van der Waals surface area contributed by atoms with Gasteiger partial charge in [0.1, 0.15) is 17.9 Å². The summed E-state index contributed by atoms with van der Waals surface area (Å²) >= 11 is 6.00. The third-order valence-electron chi connectivity index (χ3n) is 3.80. The first kappa shape index (κ1) is 14.1. The Morgan fingerprint density at radius 1 is 1.26 bits per heavy atom. The molecule has 0 fully saturated rings. The van der Waals surface area contributed by atoms with Crippen molar-refractivity contribution in [3.63, 3.8) is 0 Å². The fourth-order valence-electron chi connectivity index (χ4n) is 2.71. The van der Waals surface area contributed by atoms with Crippen molar-refractivity contribution in [1.82, 2.24) is 19.5 Å². The molecule has 1 aromatic carbocycles. The summed E-state index contributed by atoms with van der Waals surface area (Å²) in [7, 11) is 0. The van der Waals surface area contributed by atoms with E-state index in [-0.39, 0.29) is 0 Å². The monoisotopic (exact) mass is 326 g/mol. The maximum Gasteiger partial charge on any atom is 0.143 e. The average Bonchev–Trinajstić information content (AvgIpc) is 3.26. The number of benzene rings is 1. The van der Waals surface area contributed by atoms with Crippen LogP contribution in [0.5, 0.6) is 0 Å². The quantitative estimate of drug-likeness (QED) is 0.594. The van der Waals surface area contributed by atoms with Gasteiger partial charge in [-0.1, -0.05) is 11.6 Å². The molecule has 3 aromatic heterocycles. The summed E-state index contributed by atoms with van der Waals surface area (Å²) < 4.78 is 7.26. The van der Waals surface area contributed by atoms with Crippen LogP contribution in [0.3, 0.4) is 0 Å². The first-order chi connectivity index (χ1) is 11.3. The van der Waals surface area contributed by atoms with Gasteiger partial charge in [-0.05, 0) is 30.7 Å². The van der Waals surface area contributed by atoms with Gasteiger partial charge in [-0.25, -0.2) is 9.97 Å². The maximum atomic E-state index is 6.00. The van der Waals surface area contributed by atoms with Crippen LogP contribution in [-0.2, 0) is 13.0 Å². The smallest absolute Gasteiger partial charge is 0.143 e. The van der Waals surface area contributed by atoms with Crippen molar-refractivity contribution in [3.8, 4) is 11.4 Å². The number of nitrogens with one attached hydrogen (secondary N) is 1. The number of H-pyrrole nitrogens is 1. The van der Waals surface area contributed by atoms with Crippen LogP contribution in [0.4, 0.5) is 0 Å². The predicted molar refractivity (Wildman–Crippen MR) is 89.4 cm³/mol. The molecule has 0 bridgehead atoms. The van der Waals surface area contributed by atoms with Gasteiger partial charge in [-0.15, -0.1) is 0 Å². The molecule has 6 heteroatoms. The van der Waals surface area contributed by atoms with Crippen LogP contribution >= 0.6 is 11.6 Å². The molecule has 0 saturated carbocycles. The summed E-state index contributed by atoms with van der Waals surface area (Å²) in [4.78, 5) is 12.3. The summed E-state index contributed by atoms with van der Waals surface area (Å²) in [5, 5.41) is 0.718. The van der Waals surface area contributed by atoms with Crippen molar-refractivity contribution in [2.24, 2.45) is 0 Å². The molecule has 0 spiro atoms. The lowest BCUT2D eigenvalue weighted by atomic mass is 10.2. The minimum Gasteiger partial charge on any atom is -0.472 e. The minimum absolute atomic E-state index is 0.718. The first-order valence-corrected chi connectivity index (χ1v) is 7.85. The van der Waals surface area contributed by atoms with Gasteiger partial charge in [-0.3, -0.25) is 0 Å². The van der Waals surface area contributed by atoms with Gasteiger partial charge in [0.05, 0.1) is 22.9 Å². The number of aromatic nitrogens is 4. The van der Waals surface area contributed by atoms with E-state index < -0.39 is 0 Å². The van der Waals surface area contributed by atoms with Crippen LogP contribution in [0.25, 0.3) is 22.4 Å². The van der Waals surface area contributed by atoms with Crippen LogP contribution in [0.1, 0.15) is 12.2 Å². The summed E-state index contributed by atoms with van der Waals surface area (Å²) in [5.41, 5.74) is 2.92. The molecule has 0 aliphatic heterocycles. The van der Waals surface area contributed by atoms with E-state index in [1.54, 1.807) is 12.5 Å². The molecule has 0 unspecified atom stereocenters. The van der Waals surface area contributed by atoms with E-state index in [1.165, 1.54) is 0 Å². The first-order valence-electron chi connectivity index (χ1n) is 7.47. The van der Waals surface area contributed by atoms with E-state index in [2.05, 4.69) is 19.5 Å². The Bertz CT molecular complexity index is 923. The number of furan rings is 1. The van der Waals surface area contributed by atoms with Gasteiger partial charge in [-0.2, -0.15) is 0 Å². The predicted octanol–water partition coefficient (Wildman–Crippen LogP) is 4.31. The molecule has 0 radical (unpaired) electrons. The largest absolute Gasteiger partial charge is 0.472 e. The third-order valence-corrected chi connectivity index (χ3v) is 4.04. The lowest BCUT2D eigenvalue weighted by molar-refractivity contribution is 0.567. The van der Waals surface area contributed by atoms with Gasteiger partial charge in [0.15, 0.2) is 0 Å². The Hall–Kier alpha value is -2.53. The van der Waals surface area contributed by atoms with Gasteiger partial charge in [0.25, 0.3) is 0 Å². The SMILES string of the molecule is Clc1ccc2nc(CCCn3ccnc3-c3ccoc3)[nH]c2c1. The Labute approximate surface area is 137 Å². The summed E-state index contributed by atoms with van der Waals surface area (Å²) in [6, 6.07) is 7.61. The van der Waals surface area contributed by atoms with Crippen molar-refractivity contribution in [2.75, 3.05) is 0 Å². The Kier molecular flexibility index (Phi) is 3.63. The highest BCUT2D eigenvalue weighted by Crippen LogP contribution is 2.19. The molecule has 1 N–H and O–H groups in total. The van der Waals surface area contributed by atoms with Crippen molar-refractivity contribution in [2.45, 2.75) is 19.4 Å². The molecule has 4 aromatic rings. The molecule has 4 rings (SSSR count). The second-order valence-corrected chi connectivity index (χ2v) is 5.84. The van der Waals surface area contributed by atoms with Crippen LogP contribution in [0, 0.1) is 0 Å². The van der Waals surface area contributed by atoms with E-state index >= 15 is 0 Å². The fourth-order valence-corrected chi connectivity index (χ4v) is 2.88. The third kappa shape index (κ3) is 2.87. The van der Waals surface area contributed by atoms with Gasteiger partial charge in [0.2, 0.25) is 0 Å². The van der Waals surface area contributed by atoms with Gasteiger partial charge >= 0.3 is 0 Å². The number of halogens is 1. The highest BCUT2D eigenvalue weighted by molar-refractivity contribution is 6.31. The number of aryl methyl sites for hydroxylation is 2. The molecular formula is C17H15ClN4O. The number of nitrogens with zero attached hydrogens (tertiary/aromatic N) is 3. The maximum absolute atomic E-state index is 6.00. The molecule has 5 nitrogen and oxygen atoms in total. The molecule has 3 heterocycles. The zero-order chi connectivity index (χ0) is 15.6. The molecule has 116 valence electrons. The van der Waals surface area contributed by atoms with Crippen molar-refractivity contribution >= 4 is 22.6 Å². The highest BCUT2D eigenvalue weighted by atomic mass is 35.5. The summed E-state index contributed by atoms with van der Waals surface area (Å²) in [6.07, 6.45) is 9.01. The minimum atomic E-state index is 0.718. The lowest BCUT2D eigenvalue weighted by Gasteiger charge is -2.05. The molecule has 0 aliphatic rings. The zero-order valence-electron chi connectivity index (χ0n) is 12.4. The second-order valence-electron chi connectivity index (χ2n) is 5.40. The Morgan fingerprint density at radius 3 is 3.09 bits per heavy atom. The molecule has 0 atom stereocenters. The molecule has 0 amide bonds. The van der Waals surface area contributed by atoms with Crippen molar-refractivity contribution < 1.29 is 4.42 Å². The van der Waals surface area contributed by atoms with Crippen LogP contribution < -0.4 is 0 Å². The molecule has 0 aliphatic carbocycles. The number of aromatic amines is 1. The van der Waals surface area contributed by atoms with E-state index in [9.17, 15) is 0 Å². The number of rotatable bonds is 5. The average molecular weight is 327 g/mol. The lowest BCUT2D eigenvalue weighted by Crippen LogP contribution is -2.01. The van der Waals surface area contributed by atoms with Crippen LogP contribution in [0.15, 0.2) is 53.6 Å². The Morgan fingerprint density at radius 2 is 2.22 bits per heavy atom. The summed E-state index contributed by atoms with van der Waals surface area (Å²) in [5.74, 6) is 1.90. The van der Waals surface area contributed by atoms with E-state index in [4.69, 9.17) is 16.0 Å². The van der Waals surface area contributed by atoms with E-state index in [0.29, 0.717) is 0 Å². The van der Waals surface area contributed by atoms with E-state index in [0.717, 1.165) is 52.7 Å². The number of hydrogen-bond donors (Lipinski definition) is 1. The number of fused-ring (bicyclic) bond motifs is 1. The second kappa shape index (κ2) is 5.93. The zero-order valence-corrected chi connectivity index (χ0v) is 13.1. The van der Waals surface area contributed by atoms with Gasteiger partial charge in [0, 0.05) is 30.4 Å². The number of hydrogen-bond acceptors (Lipinski definition) is 3. The Balaban J connectivity index is 1.44. The van der Waals surface area contributed by atoms with Gasteiger partial charge < -0.3 is 14.0 Å². The van der Waals surface area contributed by atoms with Crippen LogP contribution in [0.2, 0.25) is 5.02 Å². The summed E-state index contributed by atoms with van der Waals surface area (Å²) in [6.45, 7) is 0.873. The van der Waals surface area contributed by atoms with Crippen molar-refractivity contribution in [1.29, 1.82) is 0 Å². The van der Waals surface area contributed by atoms with Crippen LogP contribution in [-0.4, -0.2) is 19.5 Å². The van der Waals surface area contributed by atoms with E-state index in [1.807, 2.05) is 36.7 Å². The molecular weight excluding hydrogens is 312 g/mol. The highest BCUT2D eigenvalue weighted by Gasteiger charge is 2.08. The molecule has 0 saturated heterocycles. The molecule has 23 heavy (non-hydrogen) atoms. The normalized spacial score (nSPS) is 11.3. The van der Waals surface area contributed by atoms with Crippen molar-refractivity contribution in [3.05, 3.63) is 60.0 Å². The number of imidazole rings is 2. The fraction of sp³-hybridized carbons (Fsp3) is 0.176.